The molecular formula is C26H36O5. The second-order valence-corrected chi connectivity index (χ2v) is 8.58. The number of esters is 1. The maximum absolute atomic E-state index is 11.2. The van der Waals surface area contributed by atoms with Crippen molar-refractivity contribution in [3.63, 3.8) is 0 Å². The number of aliphatic hydroxyl groups is 1. The minimum absolute atomic E-state index is 0.00833. The first-order valence-electron chi connectivity index (χ1n) is 10.9. The zero-order valence-electron chi connectivity index (χ0n) is 19.2. The summed E-state index contributed by atoms with van der Waals surface area (Å²) in [5, 5.41) is 10.6. The van der Waals surface area contributed by atoms with Gasteiger partial charge < -0.3 is 19.3 Å². The average Bonchev–Trinajstić information content (AvgIpc) is 2.74. The molecule has 1 N–H and O–H groups in total. The van der Waals surface area contributed by atoms with Crippen molar-refractivity contribution in [3.05, 3.63) is 72.4 Å². The second-order valence-electron chi connectivity index (χ2n) is 8.58. The first-order valence-corrected chi connectivity index (χ1v) is 10.9. The fourth-order valence-corrected chi connectivity index (χ4v) is 3.56. The lowest BCUT2D eigenvalue weighted by Gasteiger charge is -2.41. The van der Waals surface area contributed by atoms with E-state index in [1.54, 1.807) is 6.08 Å². The van der Waals surface area contributed by atoms with Crippen LogP contribution in [0, 0.1) is 11.8 Å². The van der Waals surface area contributed by atoms with E-state index in [9.17, 15) is 9.90 Å². The van der Waals surface area contributed by atoms with E-state index >= 15 is 0 Å². The molecule has 1 fully saturated rings. The zero-order chi connectivity index (χ0) is 22.9. The molecule has 5 nitrogen and oxygen atoms in total. The second kappa shape index (κ2) is 12.0. The smallest absolute Gasteiger partial charge is 0.330 e. The highest BCUT2D eigenvalue weighted by Gasteiger charge is 2.36. The number of aliphatic hydroxyl groups excluding tert-OH is 1. The fraction of sp³-hybridized carbons (Fsp3) is 0.500. The predicted molar refractivity (Wildman–Crippen MR) is 122 cm³/mol. The molecule has 1 aliphatic heterocycles. The van der Waals surface area contributed by atoms with E-state index in [-0.39, 0.29) is 30.0 Å². The normalized spacial score (nSPS) is 24.5. The van der Waals surface area contributed by atoms with Crippen LogP contribution in [0.4, 0.5) is 0 Å². The molecule has 0 amide bonds. The molecule has 31 heavy (non-hydrogen) atoms. The van der Waals surface area contributed by atoms with Gasteiger partial charge in [0.2, 0.25) is 0 Å². The summed E-state index contributed by atoms with van der Waals surface area (Å²) in [4.78, 5) is 11.2. The number of allylic oxidation sites excluding steroid dienone is 2. The zero-order valence-corrected chi connectivity index (χ0v) is 19.2. The number of hydrogen-bond donors (Lipinski definition) is 1. The first kappa shape index (κ1) is 25.1. The Kier molecular flexibility index (Phi) is 9.69. The summed E-state index contributed by atoms with van der Waals surface area (Å²) >= 11 is 0. The summed E-state index contributed by atoms with van der Waals surface area (Å²) in [5.41, 5.74) is 1.13. The molecule has 1 saturated heterocycles. The van der Waals surface area contributed by atoms with Crippen LogP contribution in [0.3, 0.4) is 0 Å². The summed E-state index contributed by atoms with van der Waals surface area (Å²) in [6.07, 6.45) is 11.7. The van der Waals surface area contributed by atoms with Crippen molar-refractivity contribution >= 4 is 5.97 Å². The summed E-state index contributed by atoms with van der Waals surface area (Å²) in [6.45, 7) is 7.94. The molecule has 1 heterocycles. The molecule has 1 aromatic carbocycles. The monoisotopic (exact) mass is 428 g/mol. The molecule has 0 saturated carbocycles. The van der Waals surface area contributed by atoms with E-state index in [1.807, 2.05) is 75.4 Å². The Balaban J connectivity index is 1.95. The lowest BCUT2D eigenvalue weighted by atomic mass is 9.94. The van der Waals surface area contributed by atoms with E-state index in [0.29, 0.717) is 12.8 Å². The SMILES string of the molecule is COC(=O)/C=C\C=C\[C@@H](C)[C@@H]1C[C@@H](/C=C\[C@H](C)[C@H](O)Cc2ccccc2)OC(C)(C)O1. The molecule has 1 aliphatic rings. The Bertz CT molecular complexity index is 765. The van der Waals surface area contributed by atoms with Gasteiger partial charge in [-0.15, -0.1) is 0 Å². The minimum Gasteiger partial charge on any atom is -0.466 e. The summed E-state index contributed by atoms with van der Waals surface area (Å²) in [6, 6.07) is 10.0. The molecule has 0 aromatic heterocycles. The maximum atomic E-state index is 11.2. The molecule has 0 unspecified atom stereocenters. The van der Waals surface area contributed by atoms with Gasteiger partial charge in [0, 0.05) is 24.3 Å². The lowest BCUT2D eigenvalue weighted by Crippen LogP contribution is -2.46. The van der Waals surface area contributed by atoms with Crippen LogP contribution in [0.15, 0.2) is 66.8 Å². The molecule has 170 valence electrons. The maximum Gasteiger partial charge on any atom is 0.330 e. The highest BCUT2D eigenvalue weighted by atomic mass is 16.7. The van der Waals surface area contributed by atoms with Crippen molar-refractivity contribution in [3.8, 4) is 0 Å². The van der Waals surface area contributed by atoms with E-state index in [1.165, 1.54) is 13.2 Å². The van der Waals surface area contributed by atoms with Gasteiger partial charge in [-0.2, -0.15) is 0 Å². The van der Waals surface area contributed by atoms with Crippen molar-refractivity contribution < 1.29 is 24.1 Å². The Morgan fingerprint density at radius 3 is 2.58 bits per heavy atom. The van der Waals surface area contributed by atoms with Gasteiger partial charge in [-0.25, -0.2) is 4.79 Å². The number of carbonyl (C=O) groups excluding carboxylic acids is 1. The molecule has 1 aromatic rings. The van der Waals surface area contributed by atoms with Crippen LogP contribution in [0.5, 0.6) is 0 Å². The Labute approximate surface area is 186 Å². The van der Waals surface area contributed by atoms with Gasteiger partial charge in [0.25, 0.3) is 0 Å². The summed E-state index contributed by atoms with van der Waals surface area (Å²) in [5.74, 6) is -0.931. The number of rotatable bonds is 9. The molecule has 5 heteroatoms. The van der Waals surface area contributed by atoms with Gasteiger partial charge in [0.05, 0.1) is 25.4 Å². The van der Waals surface area contributed by atoms with E-state index in [0.717, 1.165) is 5.56 Å². The first-order chi connectivity index (χ1) is 14.7. The van der Waals surface area contributed by atoms with Crippen molar-refractivity contribution in [1.82, 2.24) is 0 Å². The van der Waals surface area contributed by atoms with E-state index in [4.69, 9.17) is 9.47 Å². The van der Waals surface area contributed by atoms with Gasteiger partial charge in [-0.1, -0.05) is 74.6 Å². The Morgan fingerprint density at radius 2 is 1.90 bits per heavy atom. The number of carbonyl (C=O) groups is 1. The third-order valence-corrected chi connectivity index (χ3v) is 5.40. The van der Waals surface area contributed by atoms with Crippen LogP contribution in [-0.4, -0.2) is 42.3 Å². The third-order valence-electron chi connectivity index (χ3n) is 5.40. The van der Waals surface area contributed by atoms with Gasteiger partial charge in [-0.3, -0.25) is 0 Å². The molecule has 0 bridgehead atoms. The molecule has 0 spiro atoms. The van der Waals surface area contributed by atoms with Gasteiger partial charge in [0.1, 0.15) is 0 Å². The fourth-order valence-electron chi connectivity index (χ4n) is 3.56. The van der Waals surface area contributed by atoms with E-state index in [2.05, 4.69) is 11.7 Å². The van der Waals surface area contributed by atoms with Crippen molar-refractivity contribution in [2.45, 2.75) is 64.6 Å². The summed E-state index contributed by atoms with van der Waals surface area (Å²) in [7, 11) is 1.35. The number of benzene rings is 1. The van der Waals surface area contributed by atoms with Gasteiger partial charge in [-0.05, 0) is 25.8 Å². The van der Waals surface area contributed by atoms with Crippen molar-refractivity contribution in [2.75, 3.05) is 7.11 Å². The van der Waals surface area contributed by atoms with Crippen LogP contribution >= 0.6 is 0 Å². The Morgan fingerprint density at radius 1 is 1.19 bits per heavy atom. The topological polar surface area (TPSA) is 65.0 Å². The molecule has 5 atom stereocenters. The Hall–Kier alpha value is -2.21. The molecule has 0 radical (unpaired) electrons. The average molecular weight is 429 g/mol. The highest BCUT2D eigenvalue weighted by Crippen LogP contribution is 2.31. The van der Waals surface area contributed by atoms with Crippen LogP contribution in [0.2, 0.25) is 0 Å². The van der Waals surface area contributed by atoms with Crippen LogP contribution in [0.25, 0.3) is 0 Å². The number of methoxy groups -OCH3 is 1. The van der Waals surface area contributed by atoms with Crippen molar-refractivity contribution in [1.29, 1.82) is 0 Å². The largest absolute Gasteiger partial charge is 0.466 e. The van der Waals surface area contributed by atoms with Crippen LogP contribution < -0.4 is 0 Å². The number of hydrogen-bond acceptors (Lipinski definition) is 5. The molecule has 0 aliphatic carbocycles. The van der Waals surface area contributed by atoms with Crippen LogP contribution in [-0.2, 0) is 25.4 Å². The van der Waals surface area contributed by atoms with Crippen molar-refractivity contribution in [2.24, 2.45) is 11.8 Å². The summed E-state index contributed by atoms with van der Waals surface area (Å²) < 4.78 is 16.8. The molecule has 2 rings (SSSR count). The number of ether oxygens (including phenoxy) is 3. The quantitative estimate of drug-likeness (QED) is 0.269. The lowest BCUT2D eigenvalue weighted by molar-refractivity contribution is -0.295. The van der Waals surface area contributed by atoms with Gasteiger partial charge >= 0.3 is 5.97 Å². The van der Waals surface area contributed by atoms with Crippen LogP contribution in [0.1, 0.15) is 39.7 Å². The molecular weight excluding hydrogens is 392 g/mol. The third kappa shape index (κ3) is 8.82. The van der Waals surface area contributed by atoms with E-state index < -0.39 is 11.9 Å². The minimum atomic E-state index is -0.701. The predicted octanol–water partition coefficient (Wildman–Crippen LogP) is 4.61. The highest BCUT2D eigenvalue weighted by molar-refractivity contribution is 5.82. The van der Waals surface area contributed by atoms with Gasteiger partial charge in [0.15, 0.2) is 5.79 Å². The standard InChI is InChI=1S/C26H36O5/c1-19(23(27)17-21-12-7-6-8-13-21)15-16-22-18-24(31-26(3,4)30-22)20(2)11-9-10-14-25(28)29-5/h6-16,19-20,22-24,27H,17-18H2,1-5H3/b11-9+,14-10-,16-15-/t19-,20+,22+,23+,24-/m0/s1.